The summed E-state index contributed by atoms with van der Waals surface area (Å²) >= 11 is 0. The first-order valence-electron chi connectivity index (χ1n) is 9.29. The van der Waals surface area contributed by atoms with Gasteiger partial charge in [-0.3, -0.25) is 4.79 Å². The molecule has 1 N–H and O–H groups in total. The van der Waals surface area contributed by atoms with Gasteiger partial charge in [0, 0.05) is 16.8 Å². The van der Waals surface area contributed by atoms with Crippen LogP contribution in [0, 0.1) is 12.7 Å². The number of nitrogens with zero attached hydrogens (tertiary/aromatic N) is 3. The van der Waals surface area contributed by atoms with E-state index >= 15 is 0 Å². The number of aryl methyl sites for hydroxylation is 1. The Bertz CT molecular complexity index is 1180. The molecule has 0 fully saturated rings. The van der Waals surface area contributed by atoms with Gasteiger partial charge in [-0.2, -0.15) is 4.98 Å². The summed E-state index contributed by atoms with van der Waals surface area (Å²) in [6.45, 7) is 2.01. The highest BCUT2D eigenvalue weighted by Gasteiger charge is 2.16. The highest BCUT2D eigenvalue weighted by molar-refractivity contribution is 6.04. The monoisotopic (exact) mass is 402 g/mol. The van der Waals surface area contributed by atoms with Gasteiger partial charge < -0.3 is 10.1 Å². The van der Waals surface area contributed by atoms with E-state index in [-0.39, 0.29) is 17.7 Å². The van der Waals surface area contributed by atoms with Crippen molar-refractivity contribution in [1.29, 1.82) is 0 Å². The molecule has 0 bridgehead atoms. The van der Waals surface area contributed by atoms with E-state index < -0.39 is 0 Å². The summed E-state index contributed by atoms with van der Waals surface area (Å²) in [5.41, 5.74) is 3.77. The number of carbonyl (C=O) groups is 1. The third kappa shape index (κ3) is 3.91. The maximum Gasteiger partial charge on any atom is 0.336 e. The zero-order chi connectivity index (χ0) is 21.1. The first kappa shape index (κ1) is 19.3. The topological polar surface area (TPSA) is 69.0 Å². The van der Waals surface area contributed by atoms with Crippen LogP contribution in [0.25, 0.3) is 17.1 Å². The van der Waals surface area contributed by atoms with Crippen molar-refractivity contribution in [2.75, 3.05) is 12.4 Å². The van der Waals surface area contributed by atoms with Gasteiger partial charge in [-0.25, -0.2) is 9.07 Å². The third-order valence-electron chi connectivity index (χ3n) is 4.63. The van der Waals surface area contributed by atoms with E-state index in [0.717, 1.165) is 16.8 Å². The van der Waals surface area contributed by atoms with E-state index in [1.54, 1.807) is 16.8 Å². The first-order valence-corrected chi connectivity index (χ1v) is 9.29. The lowest BCUT2D eigenvalue weighted by Crippen LogP contribution is -2.11. The number of halogens is 1. The summed E-state index contributed by atoms with van der Waals surface area (Å²) in [6, 6.07) is 20.8. The Kier molecular flexibility index (Phi) is 5.26. The highest BCUT2D eigenvalue weighted by atomic mass is 19.1. The Morgan fingerprint density at radius 3 is 2.37 bits per heavy atom. The lowest BCUT2D eigenvalue weighted by atomic mass is 10.1. The lowest BCUT2D eigenvalue weighted by molar-refractivity contribution is 0.102. The van der Waals surface area contributed by atoms with Crippen molar-refractivity contribution >= 4 is 11.6 Å². The minimum Gasteiger partial charge on any atom is -0.466 e. The summed E-state index contributed by atoms with van der Waals surface area (Å²) in [5, 5.41) is 7.22. The van der Waals surface area contributed by atoms with Gasteiger partial charge in [0.05, 0.1) is 12.8 Å². The molecule has 3 aromatic carbocycles. The number of nitrogens with one attached hydrogen (secondary N) is 1. The van der Waals surface area contributed by atoms with Gasteiger partial charge in [0.1, 0.15) is 5.82 Å². The maximum atomic E-state index is 13.0. The van der Waals surface area contributed by atoms with E-state index in [2.05, 4.69) is 15.4 Å². The van der Waals surface area contributed by atoms with Crippen LogP contribution in [0.1, 0.15) is 15.9 Å². The molecule has 0 spiro atoms. The van der Waals surface area contributed by atoms with E-state index in [4.69, 9.17) is 4.74 Å². The van der Waals surface area contributed by atoms with Crippen LogP contribution in [-0.2, 0) is 0 Å². The Morgan fingerprint density at radius 1 is 1.00 bits per heavy atom. The predicted molar refractivity (Wildman–Crippen MR) is 112 cm³/mol. The number of ether oxygens (including phenoxy) is 1. The summed E-state index contributed by atoms with van der Waals surface area (Å²) in [7, 11) is 1.52. The van der Waals surface area contributed by atoms with Gasteiger partial charge in [0.2, 0.25) is 0 Å². The van der Waals surface area contributed by atoms with Crippen LogP contribution in [0.4, 0.5) is 10.1 Å². The zero-order valence-corrected chi connectivity index (χ0v) is 16.5. The molecule has 0 saturated carbocycles. The molecule has 4 aromatic rings. The normalized spacial score (nSPS) is 10.6. The van der Waals surface area contributed by atoms with Crippen molar-refractivity contribution in [2.24, 2.45) is 0 Å². The standard InChI is InChI=1S/C23H19FN4O2/c1-15-5-3-4-6-20(15)21-26-23(30-2)27-28(21)19-13-11-18(12-14-19)25-22(29)16-7-9-17(24)10-8-16/h3-14H,1-2H3,(H,25,29). The average Bonchev–Trinajstić information content (AvgIpc) is 3.19. The summed E-state index contributed by atoms with van der Waals surface area (Å²) in [6.07, 6.45) is 0. The number of rotatable bonds is 5. The van der Waals surface area contributed by atoms with Crippen molar-refractivity contribution in [3.05, 3.63) is 89.7 Å². The number of carbonyl (C=O) groups excluding carboxylic acids is 1. The molecule has 1 aromatic heterocycles. The van der Waals surface area contributed by atoms with Crippen LogP contribution in [-0.4, -0.2) is 27.8 Å². The molecule has 0 saturated heterocycles. The minimum absolute atomic E-state index is 0.266. The third-order valence-corrected chi connectivity index (χ3v) is 4.63. The fourth-order valence-electron chi connectivity index (χ4n) is 3.05. The van der Waals surface area contributed by atoms with Gasteiger partial charge in [0.15, 0.2) is 5.82 Å². The molecule has 1 heterocycles. The fraction of sp³-hybridized carbons (Fsp3) is 0.0870. The van der Waals surface area contributed by atoms with Crippen molar-refractivity contribution < 1.29 is 13.9 Å². The average molecular weight is 402 g/mol. The van der Waals surface area contributed by atoms with Gasteiger partial charge in [-0.15, -0.1) is 5.10 Å². The SMILES string of the molecule is COc1nc(-c2ccccc2C)n(-c2ccc(NC(=O)c3ccc(F)cc3)cc2)n1. The van der Waals surface area contributed by atoms with Crippen molar-refractivity contribution in [2.45, 2.75) is 6.92 Å². The molecular weight excluding hydrogens is 383 g/mol. The lowest BCUT2D eigenvalue weighted by Gasteiger charge is -2.09. The molecule has 30 heavy (non-hydrogen) atoms. The van der Waals surface area contributed by atoms with Gasteiger partial charge in [-0.1, -0.05) is 24.3 Å². The predicted octanol–water partition coefficient (Wildman–Crippen LogP) is 4.64. The number of benzene rings is 3. The second kappa shape index (κ2) is 8.16. The van der Waals surface area contributed by atoms with Crippen LogP contribution < -0.4 is 10.1 Å². The Balaban J connectivity index is 1.61. The number of amides is 1. The van der Waals surface area contributed by atoms with Crippen LogP contribution in [0.5, 0.6) is 6.01 Å². The molecule has 7 heteroatoms. The second-order valence-electron chi connectivity index (χ2n) is 6.66. The largest absolute Gasteiger partial charge is 0.466 e. The van der Waals surface area contributed by atoms with Gasteiger partial charge in [0.25, 0.3) is 5.91 Å². The van der Waals surface area contributed by atoms with E-state index in [1.165, 1.54) is 31.4 Å². The number of aromatic nitrogens is 3. The summed E-state index contributed by atoms with van der Waals surface area (Å²) in [4.78, 5) is 16.8. The number of hydrogen-bond donors (Lipinski definition) is 1. The summed E-state index contributed by atoms with van der Waals surface area (Å²) < 4.78 is 20.0. The molecule has 0 aliphatic rings. The highest BCUT2D eigenvalue weighted by Crippen LogP contribution is 2.26. The molecule has 0 atom stereocenters. The van der Waals surface area contributed by atoms with E-state index in [0.29, 0.717) is 17.1 Å². The molecule has 0 aliphatic carbocycles. The molecular formula is C23H19FN4O2. The van der Waals surface area contributed by atoms with Crippen molar-refractivity contribution in [3.8, 4) is 23.1 Å². The molecule has 150 valence electrons. The fourth-order valence-corrected chi connectivity index (χ4v) is 3.05. The Labute approximate surface area is 173 Å². The molecule has 4 rings (SSSR count). The van der Waals surface area contributed by atoms with E-state index in [1.807, 2.05) is 43.3 Å². The number of methoxy groups -OCH3 is 1. The smallest absolute Gasteiger partial charge is 0.336 e. The van der Waals surface area contributed by atoms with Crippen LogP contribution in [0.2, 0.25) is 0 Å². The minimum atomic E-state index is -0.386. The van der Waals surface area contributed by atoms with Crippen LogP contribution >= 0.6 is 0 Å². The number of anilines is 1. The van der Waals surface area contributed by atoms with Crippen molar-refractivity contribution in [1.82, 2.24) is 14.8 Å². The molecule has 6 nitrogen and oxygen atoms in total. The molecule has 1 amide bonds. The van der Waals surface area contributed by atoms with Gasteiger partial charge in [-0.05, 0) is 61.0 Å². The van der Waals surface area contributed by atoms with Crippen LogP contribution in [0.3, 0.4) is 0 Å². The molecule has 0 unspecified atom stereocenters. The maximum absolute atomic E-state index is 13.0. The quantitative estimate of drug-likeness (QED) is 0.528. The van der Waals surface area contributed by atoms with Gasteiger partial charge >= 0.3 is 6.01 Å². The Morgan fingerprint density at radius 2 is 1.70 bits per heavy atom. The first-order chi connectivity index (χ1) is 14.5. The molecule has 0 radical (unpaired) electrons. The molecule has 0 aliphatic heterocycles. The van der Waals surface area contributed by atoms with Crippen LogP contribution in [0.15, 0.2) is 72.8 Å². The van der Waals surface area contributed by atoms with Crippen molar-refractivity contribution in [3.63, 3.8) is 0 Å². The number of hydrogen-bond acceptors (Lipinski definition) is 4. The second-order valence-corrected chi connectivity index (χ2v) is 6.66. The zero-order valence-electron chi connectivity index (χ0n) is 16.5. The van der Waals surface area contributed by atoms with E-state index in [9.17, 15) is 9.18 Å². The summed E-state index contributed by atoms with van der Waals surface area (Å²) in [5.74, 6) is -0.0394. The Hall–Kier alpha value is -4.00.